The smallest absolute Gasteiger partial charge is 0.255 e. The highest BCUT2D eigenvalue weighted by Gasteiger charge is 2.44. The first-order valence-corrected chi connectivity index (χ1v) is 18.5. The normalized spacial score (nSPS) is 23.2. The van der Waals surface area contributed by atoms with Crippen LogP contribution in [0.2, 0.25) is 0 Å². The summed E-state index contributed by atoms with van der Waals surface area (Å²) in [6.07, 6.45) is 9.95. The number of amides is 4. The number of aryl methyl sites for hydroxylation is 1. The van der Waals surface area contributed by atoms with E-state index in [0.29, 0.717) is 18.8 Å². The number of nitrogens with zero attached hydrogens (tertiary/aromatic N) is 6. The van der Waals surface area contributed by atoms with Gasteiger partial charge in [-0.2, -0.15) is 0 Å². The Kier molecular flexibility index (Phi) is 13.9. The fourth-order valence-corrected chi connectivity index (χ4v) is 6.89. The predicted molar refractivity (Wildman–Crippen MR) is 193 cm³/mol. The van der Waals surface area contributed by atoms with E-state index in [2.05, 4.69) is 25.9 Å². The van der Waals surface area contributed by atoms with E-state index in [4.69, 9.17) is 4.74 Å². The Hall–Kier alpha value is -4.92. The van der Waals surface area contributed by atoms with Crippen LogP contribution in [-0.4, -0.2) is 103 Å². The zero-order valence-corrected chi connectivity index (χ0v) is 30.7. The maximum absolute atomic E-state index is 15.2. The van der Waals surface area contributed by atoms with Gasteiger partial charge in [-0.15, -0.1) is 5.10 Å². The summed E-state index contributed by atoms with van der Waals surface area (Å²) in [6.45, 7) is 4.61. The fraction of sp³-hybridized carbons (Fsp3) is 0.553. The number of rotatable bonds is 4. The summed E-state index contributed by atoms with van der Waals surface area (Å²) >= 11 is 0. The zero-order chi connectivity index (χ0) is 37.9. The molecule has 4 amide bonds. The molecule has 2 aliphatic heterocycles. The summed E-state index contributed by atoms with van der Waals surface area (Å²) in [5, 5.41) is 24.8. The molecule has 3 N–H and O–H groups in total. The lowest BCUT2D eigenvalue weighted by Gasteiger charge is -2.34. The van der Waals surface area contributed by atoms with Crippen LogP contribution < -0.4 is 15.4 Å². The molecule has 286 valence electrons. The van der Waals surface area contributed by atoms with Crippen molar-refractivity contribution < 1.29 is 33.4 Å². The first-order valence-electron chi connectivity index (χ1n) is 18.5. The molecule has 14 nitrogen and oxygen atoms in total. The van der Waals surface area contributed by atoms with Crippen LogP contribution in [0, 0.1) is 11.7 Å². The molecule has 1 aromatic carbocycles. The Balaban J connectivity index is 1.43. The number of hydrogen-bond acceptors (Lipinski definition) is 9. The van der Waals surface area contributed by atoms with Crippen molar-refractivity contribution >= 4 is 23.6 Å². The van der Waals surface area contributed by atoms with Crippen LogP contribution in [-0.2, 0) is 34.0 Å². The largest absolute Gasteiger partial charge is 0.483 e. The lowest BCUT2D eigenvalue weighted by Crippen LogP contribution is -2.57. The first-order chi connectivity index (χ1) is 25.5. The number of pyridine rings is 1. The highest BCUT2D eigenvalue weighted by Crippen LogP contribution is 2.26. The van der Waals surface area contributed by atoms with E-state index < -0.39 is 47.8 Å². The van der Waals surface area contributed by atoms with Crippen molar-refractivity contribution in [3.63, 3.8) is 0 Å². The summed E-state index contributed by atoms with van der Waals surface area (Å²) in [6, 6.07) is 4.46. The maximum atomic E-state index is 15.2. The number of ether oxygens (including phenoxy) is 1. The van der Waals surface area contributed by atoms with Gasteiger partial charge in [-0.05, 0) is 48.9 Å². The van der Waals surface area contributed by atoms with E-state index in [-0.39, 0.29) is 55.6 Å². The number of halogens is 1. The molecular formula is C38H51FN8O6. The topological polar surface area (TPSA) is 172 Å². The van der Waals surface area contributed by atoms with Crippen LogP contribution in [0.5, 0.6) is 5.75 Å². The van der Waals surface area contributed by atoms with Gasteiger partial charge < -0.3 is 30.3 Å². The number of benzene rings is 1. The van der Waals surface area contributed by atoms with E-state index in [1.54, 1.807) is 29.3 Å². The Labute approximate surface area is 309 Å². The van der Waals surface area contributed by atoms with Crippen LogP contribution >= 0.6 is 0 Å². The molecule has 0 aliphatic carbocycles. The van der Waals surface area contributed by atoms with Gasteiger partial charge in [0.1, 0.15) is 30.4 Å². The second-order valence-electron chi connectivity index (χ2n) is 14.4. The summed E-state index contributed by atoms with van der Waals surface area (Å²) in [5.41, 5.74) is 1.11. The van der Waals surface area contributed by atoms with Crippen LogP contribution in [0.15, 0.2) is 48.9 Å². The maximum Gasteiger partial charge on any atom is 0.255 e. The van der Waals surface area contributed by atoms with Gasteiger partial charge in [0, 0.05) is 51.9 Å². The second-order valence-corrected chi connectivity index (χ2v) is 14.4. The number of likely N-dealkylation sites (N-methyl/N-ethyl adjacent to an activating group) is 1. The molecule has 0 spiro atoms. The Morgan fingerprint density at radius 1 is 1.02 bits per heavy atom. The van der Waals surface area contributed by atoms with E-state index >= 15 is 4.39 Å². The van der Waals surface area contributed by atoms with Crippen molar-refractivity contribution in [2.75, 3.05) is 20.1 Å². The number of nitrogens with one attached hydrogen (secondary N) is 2. The van der Waals surface area contributed by atoms with E-state index in [1.165, 1.54) is 35.0 Å². The van der Waals surface area contributed by atoms with E-state index in [9.17, 15) is 24.3 Å². The number of para-hydroxylation sites is 1. The van der Waals surface area contributed by atoms with Crippen molar-refractivity contribution in [2.45, 2.75) is 109 Å². The Morgan fingerprint density at radius 2 is 1.79 bits per heavy atom. The molecule has 1 fully saturated rings. The van der Waals surface area contributed by atoms with Gasteiger partial charge in [-0.1, -0.05) is 56.9 Å². The van der Waals surface area contributed by atoms with Crippen molar-refractivity contribution in [1.82, 2.24) is 40.4 Å². The highest BCUT2D eigenvalue weighted by atomic mass is 19.1. The van der Waals surface area contributed by atoms with Crippen LogP contribution in [0.4, 0.5) is 4.39 Å². The molecule has 53 heavy (non-hydrogen) atoms. The SMILES string of the molecule is CC(C)C[C@H]1NC(=O)c2cccc(F)c2OCc2cn(nn2)CCCCCCCCNC(=O)[C@H](Cc2cccnc2)N(C)C(=O)[C@H]2C[C@H](O)CN2C1=O. The average Bonchev–Trinajstić information content (AvgIpc) is 3.77. The number of aliphatic hydroxyl groups is 1. The van der Waals surface area contributed by atoms with Gasteiger partial charge in [0.15, 0.2) is 11.6 Å². The molecule has 1 saturated heterocycles. The van der Waals surface area contributed by atoms with Gasteiger partial charge in [0.2, 0.25) is 17.7 Å². The molecule has 0 radical (unpaired) electrons. The highest BCUT2D eigenvalue weighted by molar-refractivity contribution is 6.00. The lowest BCUT2D eigenvalue weighted by molar-refractivity contribution is -0.147. The van der Waals surface area contributed by atoms with Gasteiger partial charge in [0.05, 0.1) is 17.9 Å². The molecule has 4 atom stereocenters. The average molecular weight is 735 g/mol. The standard InChI is InChI=1S/C38H51FN8O6/c1-25(2)18-31-37(51)47-23-28(48)20-33(47)38(52)45(3)32(19-26-12-11-15-40-21-26)36(50)41-16-8-6-4-5-7-9-17-46-22-27(43-44-46)24-53-34-29(35(49)42-31)13-10-14-30(34)39/h10-15,21-22,25,28,31-33,48H,4-9,16-20,23-24H2,1-3H3,(H,41,50)(H,42,49)/t28-,31+,32-,33+/m0/s1. The number of carbonyl (C=O) groups excluding carboxylic acids is 4. The molecule has 0 unspecified atom stereocenters. The van der Waals surface area contributed by atoms with Gasteiger partial charge in [-0.3, -0.25) is 28.8 Å². The first kappa shape index (κ1) is 39.3. The second kappa shape index (κ2) is 18.7. The van der Waals surface area contributed by atoms with E-state index in [0.717, 1.165) is 44.1 Å². The molecule has 2 bridgehead atoms. The van der Waals surface area contributed by atoms with Gasteiger partial charge in [-0.25, -0.2) is 4.39 Å². The van der Waals surface area contributed by atoms with Crippen molar-refractivity contribution in [1.29, 1.82) is 0 Å². The third kappa shape index (κ3) is 10.6. The number of aromatic nitrogens is 4. The summed E-state index contributed by atoms with van der Waals surface area (Å²) in [7, 11) is 1.53. The van der Waals surface area contributed by atoms with Crippen LogP contribution in [0.25, 0.3) is 0 Å². The number of carbonyl (C=O) groups is 4. The van der Waals surface area contributed by atoms with Crippen LogP contribution in [0.3, 0.4) is 0 Å². The third-order valence-electron chi connectivity index (χ3n) is 9.70. The molecular weight excluding hydrogens is 683 g/mol. The van der Waals surface area contributed by atoms with Crippen molar-refractivity contribution in [3.8, 4) is 5.75 Å². The minimum atomic E-state index is -1.11. The summed E-state index contributed by atoms with van der Waals surface area (Å²) in [5.74, 6) is -3.25. The summed E-state index contributed by atoms with van der Waals surface area (Å²) in [4.78, 5) is 62.8. The third-order valence-corrected chi connectivity index (χ3v) is 9.70. The summed E-state index contributed by atoms with van der Waals surface area (Å²) < 4.78 is 22.7. The van der Waals surface area contributed by atoms with E-state index in [1.807, 2.05) is 19.9 Å². The molecule has 2 aromatic heterocycles. The predicted octanol–water partition coefficient (Wildman–Crippen LogP) is 3.04. The molecule has 4 heterocycles. The molecule has 3 aromatic rings. The Bertz CT molecular complexity index is 1700. The Morgan fingerprint density at radius 3 is 2.55 bits per heavy atom. The van der Waals surface area contributed by atoms with Crippen molar-refractivity contribution in [3.05, 3.63) is 71.6 Å². The van der Waals surface area contributed by atoms with Crippen molar-refractivity contribution in [2.24, 2.45) is 5.92 Å². The monoisotopic (exact) mass is 734 g/mol. The minimum absolute atomic E-state index is 0.0367. The molecule has 0 saturated carbocycles. The fourth-order valence-electron chi connectivity index (χ4n) is 6.89. The van der Waals surface area contributed by atoms with Gasteiger partial charge in [0.25, 0.3) is 5.91 Å². The van der Waals surface area contributed by atoms with Crippen LogP contribution in [0.1, 0.15) is 86.8 Å². The quantitative estimate of drug-likeness (QED) is 0.365. The molecule has 5 rings (SSSR count). The zero-order valence-electron chi connectivity index (χ0n) is 30.7. The lowest BCUT2D eigenvalue weighted by atomic mass is 10.0. The van der Waals surface area contributed by atoms with Gasteiger partial charge >= 0.3 is 0 Å². The number of hydrogen-bond donors (Lipinski definition) is 3. The molecule has 15 heteroatoms. The molecule has 2 aliphatic rings. The number of fused-ring (bicyclic) bond motifs is 4. The number of aliphatic hydroxyl groups excluding tert-OH is 1. The minimum Gasteiger partial charge on any atom is -0.483 e.